The normalized spacial score (nSPS) is 11.8. The number of hydrogen-bond acceptors (Lipinski definition) is 3. The Balaban J connectivity index is 2.29. The van der Waals surface area contributed by atoms with Gasteiger partial charge >= 0.3 is 0 Å². The summed E-state index contributed by atoms with van der Waals surface area (Å²) in [5.41, 5.74) is 1.92. The molecule has 0 fully saturated rings. The molecular formula is C13H23N3O. The van der Waals surface area contributed by atoms with Gasteiger partial charge in [0.2, 0.25) is 0 Å². The molecule has 1 aromatic rings. The lowest BCUT2D eigenvalue weighted by Gasteiger charge is -2.20. The van der Waals surface area contributed by atoms with Crippen LogP contribution in [0.25, 0.3) is 0 Å². The molecule has 4 heteroatoms. The van der Waals surface area contributed by atoms with Crippen LogP contribution in [0.1, 0.15) is 32.0 Å². The Morgan fingerprint density at radius 3 is 2.59 bits per heavy atom. The highest BCUT2D eigenvalue weighted by Gasteiger charge is 2.07. The zero-order chi connectivity index (χ0) is 12.9. The molecule has 1 rings (SSSR count). The molecule has 0 radical (unpaired) electrons. The summed E-state index contributed by atoms with van der Waals surface area (Å²) in [6.45, 7) is 10.7. The van der Waals surface area contributed by atoms with Gasteiger partial charge in [-0.15, -0.1) is 0 Å². The highest BCUT2D eigenvalue weighted by atomic mass is 16.1. The summed E-state index contributed by atoms with van der Waals surface area (Å²) in [4.78, 5) is 14.6. The summed E-state index contributed by atoms with van der Waals surface area (Å²) in [7, 11) is 0. The number of H-pyrrole nitrogens is 1. The third kappa shape index (κ3) is 5.65. The lowest BCUT2D eigenvalue weighted by molar-refractivity contribution is 0.421. The molecule has 0 unspecified atom stereocenters. The van der Waals surface area contributed by atoms with Crippen LogP contribution in [0.2, 0.25) is 0 Å². The van der Waals surface area contributed by atoms with Gasteiger partial charge in [0.15, 0.2) is 5.43 Å². The van der Waals surface area contributed by atoms with Gasteiger partial charge in [0.05, 0.1) is 0 Å². The first-order chi connectivity index (χ1) is 7.88. The van der Waals surface area contributed by atoms with Gasteiger partial charge in [-0.1, -0.05) is 0 Å². The lowest BCUT2D eigenvalue weighted by atomic mass is 10.1. The van der Waals surface area contributed by atoms with Crippen molar-refractivity contribution < 1.29 is 0 Å². The highest BCUT2D eigenvalue weighted by Crippen LogP contribution is 1.96. The maximum Gasteiger partial charge on any atom is 0.186 e. The zero-order valence-corrected chi connectivity index (χ0v) is 11.2. The second-order valence-electron chi connectivity index (χ2n) is 5.36. The Morgan fingerprint density at radius 1 is 1.29 bits per heavy atom. The standard InChI is InChI=1S/C13H23N3O/c1-10-7-12(17)11(9-15-10)8-14-5-6-16-13(2,3)4/h7,9,14,16H,5-6,8H2,1-4H3,(H,15,17). The van der Waals surface area contributed by atoms with Crippen molar-refractivity contribution in [2.24, 2.45) is 0 Å². The van der Waals surface area contributed by atoms with E-state index in [0.717, 1.165) is 24.3 Å². The molecule has 0 amide bonds. The summed E-state index contributed by atoms with van der Waals surface area (Å²) in [6.07, 6.45) is 1.78. The molecule has 0 aliphatic heterocycles. The van der Waals surface area contributed by atoms with E-state index in [1.807, 2.05) is 6.92 Å². The van der Waals surface area contributed by atoms with Crippen LogP contribution >= 0.6 is 0 Å². The monoisotopic (exact) mass is 237 g/mol. The van der Waals surface area contributed by atoms with E-state index in [1.54, 1.807) is 12.3 Å². The van der Waals surface area contributed by atoms with Crippen molar-refractivity contribution in [3.63, 3.8) is 0 Å². The zero-order valence-electron chi connectivity index (χ0n) is 11.2. The summed E-state index contributed by atoms with van der Waals surface area (Å²) >= 11 is 0. The minimum atomic E-state index is 0.0949. The van der Waals surface area contributed by atoms with Crippen LogP contribution in [-0.4, -0.2) is 23.6 Å². The van der Waals surface area contributed by atoms with Gasteiger partial charge in [-0.05, 0) is 27.7 Å². The second kappa shape index (κ2) is 5.98. The van der Waals surface area contributed by atoms with Crippen molar-refractivity contribution in [2.75, 3.05) is 13.1 Å². The molecule has 0 aliphatic rings. The minimum absolute atomic E-state index is 0.0949. The Labute approximate surface area is 103 Å². The van der Waals surface area contributed by atoms with Crippen molar-refractivity contribution in [1.29, 1.82) is 0 Å². The van der Waals surface area contributed by atoms with Crippen LogP contribution in [0.15, 0.2) is 17.1 Å². The van der Waals surface area contributed by atoms with E-state index < -0.39 is 0 Å². The maximum atomic E-state index is 11.6. The fourth-order valence-electron chi connectivity index (χ4n) is 1.49. The Kier molecular flexibility index (Phi) is 4.90. The SMILES string of the molecule is Cc1cc(=O)c(CNCCNC(C)(C)C)c[nH]1. The van der Waals surface area contributed by atoms with Crippen LogP contribution in [0, 0.1) is 6.92 Å². The highest BCUT2D eigenvalue weighted by molar-refractivity contribution is 5.13. The first-order valence-electron chi connectivity index (χ1n) is 6.02. The maximum absolute atomic E-state index is 11.6. The Morgan fingerprint density at radius 2 is 2.00 bits per heavy atom. The topological polar surface area (TPSA) is 56.9 Å². The van der Waals surface area contributed by atoms with E-state index in [9.17, 15) is 4.79 Å². The predicted molar refractivity (Wildman–Crippen MR) is 71.3 cm³/mol. The van der Waals surface area contributed by atoms with Crippen LogP contribution in [0.3, 0.4) is 0 Å². The fraction of sp³-hybridized carbons (Fsp3) is 0.615. The average molecular weight is 237 g/mol. The molecule has 1 aromatic heterocycles. The van der Waals surface area contributed by atoms with E-state index >= 15 is 0 Å². The Bertz CT molecular complexity index is 404. The molecule has 96 valence electrons. The van der Waals surface area contributed by atoms with Crippen LogP contribution in [-0.2, 0) is 6.54 Å². The number of aryl methyl sites for hydroxylation is 1. The van der Waals surface area contributed by atoms with Crippen LogP contribution in [0.5, 0.6) is 0 Å². The number of aromatic amines is 1. The van der Waals surface area contributed by atoms with Crippen LogP contribution < -0.4 is 16.1 Å². The van der Waals surface area contributed by atoms with Gasteiger partial charge in [0.25, 0.3) is 0 Å². The van der Waals surface area contributed by atoms with Gasteiger partial charge in [-0.25, -0.2) is 0 Å². The third-order valence-corrected chi connectivity index (χ3v) is 2.41. The Hall–Kier alpha value is -1.13. The molecule has 17 heavy (non-hydrogen) atoms. The minimum Gasteiger partial charge on any atom is -0.365 e. The molecular weight excluding hydrogens is 214 g/mol. The van der Waals surface area contributed by atoms with Gasteiger partial charge in [-0.3, -0.25) is 4.79 Å². The first kappa shape index (κ1) is 13.9. The molecule has 0 aliphatic carbocycles. The molecule has 0 saturated heterocycles. The number of hydrogen-bond donors (Lipinski definition) is 3. The molecule has 0 bridgehead atoms. The summed E-state index contributed by atoms with van der Waals surface area (Å²) in [5.74, 6) is 0. The van der Waals surface area contributed by atoms with E-state index in [4.69, 9.17) is 0 Å². The van der Waals surface area contributed by atoms with Crippen molar-refractivity contribution in [3.8, 4) is 0 Å². The van der Waals surface area contributed by atoms with Crippen molar-refractivity contribution in [1.82, 2.24) is 15.6 Å². The van der Waals surface area contributed by atoms with E-state index in [0.29, 0.717) is 6.54 Å². The van der Waals surface area contributed by atoms with E-state index in [-0.39, 0.29) is 11.0 Å². The van der Waals surface area contributed by atoms with E-state index in [2.05, 4.69) is 36.4 Å². The molecule has 0 saturated carbocycles. The predicted octanol–water partition coefficient (Wildman–Crippen LogP) is 1.16. The van der Waals surface area contributed by atoms with Crippen molar-refractivity contribution in [2.45, 2.75) is 39.8 Å². The molecule has 0 atom stereocenters. The summed E-state index contributed by atoms with van der Waals surface area (Å²) in [6, 6.07) is 1.63. The fourth-order valence-corrected chi connectivity index (χ4v) is 1.49. The number of aromatic nitrogens is 1. The average Bonchev–Trinajstić information content (AvgIpc) is 2.18. The lowest BCUT2D eigenvalue weighted by Crippen LogP contribution is -2.40. The number of nitrogens with one attached hydrogen (secondary N) is 3. The summed E-state index contributed by atoms with van der Waals surface area (Å²) < 4.78 is 0. The largest absolute Gasteiger partial charge is 0.365 e. The van der Waals surface area contributed by atoms with Gasteiger partial charge in [-0.2, -0.15) is 0 Å². The number of pyridine rings is 1. The van der Waals surface area contributed by atoms with Crippen molar-refractivity contribution in [3.05, 3.63) is 33.7 Å². The molecule has 4 nitrogen and oxygen atoms in total. The quantitative estimate of drug-likeness (QED) is 0.674. The van der Waals surface area contributed by atoms with E-state index in [1.165, 1.54) is 0 Å². The number of rotatable bonds is 5. The van der Waals surface area contributed by atoms with Gasteiger partial charge < -0.3 is 15.6 Å². The summed E-state index contributed by atoms with van der Waals surface area (Å²) in [5, 5.41) is 6.64. The first-order valence-corrected chi connectivity index (χ1v) is 6.02. The molecule has 0 spiro atoms. The molecule has 3 N–H and O–H groups in total. The van der Waals surface area contributed by atoms with Crippen molar-refractivity contribution >= 4 is 0 Å². The smallest absolute Gasteiger partial charge is 0.186 e. The second-order valence-corrected chi connectivity index (χ2v) is 5.36. The third-order valence-electron chi connectivity index (χ3n) is 2.41. The van der Waals surface area contributed by atoms with Gasteiger partial charge in [0.1, 0.15) is 0 Å². The van der Waals surface area contributed by atoms with Gasteiger partial charge in [0, 0.05) is 48.7 Å². The van der Waals surface area contributed by atoms with Crippen LogP contribution in [0.4, 0.5) is 0 Å². The molecule has 0 aromatic carbocycles. The molecule has 1 heterocycles.